The lowest BCUT2D eigenvalue weighted by Crippen LogP contribution is -2.60. The topological polar surface area (TPSA) is 170 Å². The van der Waals surface area contributed by atoms with Gasteiger partial charge in [-0.25, -0.2) is 0 Å². The summed E-state index contributed by atoms with van der Waals surface area (Å²) >= 11 is 0. The normalized spacial score (nSPS) is 26.1. The number of phenolic OH excluding ortho intramolecular Hbond substituents is 2. The zero-order valence-electron chi connectivity index (χ0n) is 16.0. The minimum Gasteiger partial charge on any atom is -0.508 e. The molecule has 0 amide bonds. The fourth-order valence-corrected chi connectivity index (χ4v) is 3.39. The molecule has 31 heavy (non-hydrogen) atoms. The summed E-state index contributed by atoms with van der Waals surface area (Å²) in [5, 5.41) is 58.8. The zero-order valence-corrected chi connectivity index (χ0v) is 16.0. The number of rotatable bonds is 4. The maximum Gasteiger partial charge on any atom is 0.229 e. The van der Waals surface area contributed by atoms with Gasteiger partial charge >= 0.3 is 0 Å². The van der Waals surface area contributed by atoms with Gasteiger partial charge < -0.3 is 44.5 Å². The minimum atomic E-state index is -1.70. The monoisotopic (exact) mass is 432 g/mol. The van der Waals surface area contributed by atoms with Crippen molar-refractivity contribution in [3.05, 3.63) is 52.7 Å². The molecule has 5 atom stereocenters. The van der Waals surface area contributed by atoms with Crippen LogP contribution >= 0.6 is 0 Å². The van der Waals surface area contributed by atoms with Crippen LogP contribution in [0.25, 0.3) is 22.3 Å². The molecule has 0 spiro atoms. The Balaban J connectivity index is 1.75. The number of phenols is 2. The van der Waals surface area contributed by atoms with Crippen LogP contribution < -0.4 is 10.2 Å². The van der Waals surface area contributed by atoms with E-state index in [0.717, 1.165) is 6.07 Å². The Labute approximate surface area is 174 Å². The molecule has 0 radical (unpaired) electrons. The summed E-state index contributed by atoms with van der Waals surface area (Å²) in [4.78, 5) is 12.8. The summed E-state index contributed by atoms with van der Waals surface area (Å²) in [6.07, 6.45) is -7.68. The lowest BCUT2D eigenvalue weighted by Gasteiger charge is -2.39. The van der Waals surface area contributed by atoms with E-state index in [1.807, 2.05) is 0 Å². The van der Waals surface area contributed by atoms with E-state index >= 15 is 0 Å². The molecule has 1 saturated heterocycles. The second-order valence-electron chi connectivity index (χ2n) is 7.15. The van der Waals surface area contributed by atoms with Gasteiger partial charge in [0.15, 0.2) is 5.43 Å². The molecule has 5 unspecified atom stereocenters. The molecule has 6 N–H and O–H groups in total. The summed E-state index contributed by atoms with van der Waals surface area (Å²) < 4.78 is 16.6. The van der Waals surface area contributed by atoms with Gasteiger partial charge in [-0.05, 0) is 24.3 Å². The summed E-state index contributed by atoms with van der Waals surface area (Å²) in [7, 11) is 0. The highest BCUT2D eigenvalue weighted by Crippen LogP contribution is 2.34. The first-order chi connectivity index (χ1) is 14.8. The molecule has 1 aliphatic rings. The van der Waals surface area contributed by atoms with E-state index in [-0.39, 0.29) is 34.0 Å². The van der Waals surface area contributed by atoms with Crippen LogP contribution in [-0.2, 0) is 4.74 Å². The van der Waals surface area contributed by atoms with E-state index in [4.69, 9.17) is 13.9 Å². The van der Waals surface area contributed by atoms with E-state index in [1.165, 1.54) is 24.3 Å². The van der Waals surface area contributed by atoms with Crippen molar-refractivity contribution >= 4 is 11.0 Å². The van der Waals surface area contributed by atoms with Gasteiger partial charge in [0, 0.05) is 23.8 Å². The maximum absolute atomic E-state index is 12.8. The van der Waals surface area contributed by atoms with Crippen molar-refractivity contribution in [3.63, 3.8) is 0 Å². The number of fused-ring (bicyclic) bond motifs is 1. The highest BCUT2D eigenvalue weighted by Gasteiger charge is 2.45. The van der Waals surface area contributed by atoms with Gasteiger partial charge in [0.25, 0.3) is 0 Å². The smallest absolute Gasteiger partial charge is 0.229 e. The lowest BCUT2D eigenvalue weighted by atomic mass is 9.99. The molecule has 164 valence electrons. The average molecular weight is 432 g/mol. The third-order valence-corrected chi connectivity index (χ3v) is 5.02. The number of aliphatic hydroxyl groups is 4. The predicted octanol–water partition coefficient (Wildman–Crippen LogP) is 0.0499. The van der Waals surface area contributed by atoms with Crippen LogP contribution in [0, 0.1) is 0 Å². The molecule has 0 saturated carbocycles. The van der Waals surface area contributed by atoms with Crippen molar-refractivity contribution in [2.24, 2.45) is 0 Å². The first-order valence-electron chi connectivity index (χ1n) is 9.36. The third-order valence-electron chi connectivity index (χ3n) is 5.02. The second-order valence-corrected chi connectivity index (χ2v) is 7.15. The first-order valence-corrected chi connectivity index (χ1v) is 9.36. The molecule has 3 aromatic rings. The third kappa shape index (κ3) is 3.94. The van der Waals surface area contributed by atoms with Gasteiger partial charge in [-0.1, -0.05) is 0 Å². The average Bonchev–Trinajstić information content (AvgIpc) is 2.74. The van der Waals surface area contributed by atoms with Gasteiger partial charge in [-0.2, -0.15) is 0 Å². The molecule has 10 nitrogen and oxygen atoms in total. The predicted molar refractivity (Wildman–Crippen MR) is 106 cm³/mol. The van der Waals surface area contributed by atoms with E-state index < -0.39 is 42.7 Å². The summed E-state index contributed by atoms with van der Waals surface area (Å²) in [6, 6.07) is 9.47. The van der Waals surface area contributed by atoms with E-state index in [0.29, 0.717) is 5.56 Å². The number of benzene rings is 2. The van der Waals surface area contributed by atoms with Crippen molar-refractivity contribution in [1.82, 2.24) is 0 Å². The molecule has 1 fully saturated rings. The molecule has 0 bridgehead atoms. The van der Waals surface area contributed by atoms with E-state index in [9.17, 15) is 35.4 Å². The lowest BCUT2D eigenvalue weighted by molar-refractivity contribution is -0.277. The Morgan fingerprint density at radius 2 is 1.61 bits per heavy atom. The second kappa shape index (κ2) is 8.17. The van der Waals surface area contributed by atoms with Crippen LogP contribution in [0.5, 0.6) is 17.2 Å². The number of hydrogen-bond donors (Lipinski definition) is 6. The number of aromatic hydroxyl groups is 2. The Bertz CT molecular complexity index is 1140. The van der Waals surface area contributed by atoms with E-state index in [2.05, 4.69) is 0 Å². The molecule has 2 heterocycles. The Morgan fingerprint density at radius 3 is 2.29 bits per heavy atom. The van der Waals surface area contributed by atoms with Crippen LogP contribution in [0.15, 0.2) is 51.7 Å². The SMILES string of the molecule is O=c1cc(-c2ccc(O)cc2)oc2cc(O)cc(OC3OC(CO)C(O)C(O)C3O)c12. The molecular formula is C21H20O10. The van der Waals surface area contributed by atoms with Crippen molar-refractivity contribution < 1.29 is 44.5 Å². The quantitative estimate of drug-likeness (QED) is 0.331. The zero-order chi connectivity index (χ0) is 22.3. The van der Waals surface area contributed by atoms with Crippen LogP contribution in [0.1, 0.15) is 0 Å². The molecule has 4 rings (SSSR count). The molecular weight excluding hydrogens is 412 g/mol. The largest absolute Gasteiger partial charge is 0.508 e. The fraction of sp³-hybridized carbons (Fsp3) is 0.286. The van der Waals surface area contributed by atoms with Crippen molar-refractivity contribution in [3.8, 4) is 28.6 Å². The maximum atomic E-state index is 12.8. The summed E-state index contributed by atoms with van der Waals surface area (Å²) in [5.41, 5.74) is -0.0318. The van der Waals surface area contributed by atoms with Crippen molar-refractivity contribution in [2.45, 2.75) is 30.7 Å². The van der Waals surface area contributed by atoms with Gasteiger partial charge in [0.1, 0.15) is 58.4 Å². The standard InChI is InChI=1S/C21H20O10/c22-8-16-18(26)19(27)20(28)21(31-16)30-15-6-11(24)5-14-17(15)12(25)7-13(29-14)9-1-3-10(23)4-2-9/h1-7,16,18-24,26-28H,8H2. The van der Waals surface area contributed by atoms with Crippen LogP contribution in [0.3, 0.4) is 0 Å². The number of aliphatic hydroxyl groups excluding tert-OH is 4. The van der Waals surface area contributed by atoms with Gasteiger partial charge in [-0.3, -0.25) is 4.79 Å². The van der Waals surface area contributed by atoms with Gasteiger partial charge in [-0.15, -0.1) is 0 Å². The van der Waals surface area contributed by atoms with Crippen LogP contribution in [0.4, 0.5) is 0 Å². The highest BCUT2D eigenvalue weighted by molar-refractivity contribution is 5.86. The number of hydrogen-bond acceptors (Lipinski definition) is 10. The fourth-order valence-electron chi connectivity index (χ4n) is 3.39. The highest BCUT2D eigenvalue weighted by atomic mass is 16.7. The molecule has 2 aromatic carbocycles. The van der Waals surface area contributed by atoms with Crippen molar-refractivity contribution in [2.75, 3.05) is 6.61 Å². The first kappa shape index (κ1) is 21.1. The number of ether oxygens (including phenoxy) is 2. The molecule has 1 aromatic heterocycles. The molecule has 0 aliphatic carbocycles. The Morgan fingerprint density at radius 1 is 0.903 bits per heavy atom. The van der Waals surface area contributed by atoms with Gasteiger partial charge in [0.05, 0.1) is 6.61 Å². The Hall–Kier alpha value is -3.15. The molecule has 1 aliphatic heterocycles. The molecule has 10 heteroatoms. The van der Waals surface area contributed by atoms with Crippen molar-refractivity contribution in [1.29, 1.82) is 0 Å². The summed E-state index contributed by atoms with van der Waals surface area (Å²) in [6.45, 7) is -0.649. The van der Waals surface area contributed by atoms with Crippen LogP contribution in [0.2, 0.25) is 0 Å². The van der Waals surface area contributed by atoms with Crippen LogP contribution in [-0.4, -0.2) is 68.0 Å². The Kier molecular flexibility index (Phi) is 5.56. The van der Waals surface area contributed by atoms with E-state index in [1.54, 1.807) is 12.1 Å². The minimum absolute atomic E-state index is 0.0184. The summed E-state index contributed by atoms with van der Waals surface area (Å²) in [5.74, 6) is -0.273. The van der Waals surface area contributed by atoms with Gasteiger partial charge in [0.2, 0.25) is 6.29 Å².